The van der Waals surface area contributed by atoms with Crippen molar-refractivity contribution < 1.29 is 4.74 Å². The van der Waals surface area contributed by atoms with E-state index < -0.39 is 0 Å². The van der Waals surface area contributed by atoms with Gasteiger partial charge in [0.25, 0.3) is 5.56 Å². The molecule has 1 aromatic heterocycles. The minimum atomic E-state index is -0.157. The highest BCUT2D eigenvalue weighted by Crippen LogP contribution is 2.17. The summed E-state index contributed by atoms with van der Waals surface area (Å²) in [5, 5.41) is 5.03. The second kappa shape index (κ2) is 9.83. The molecule has 0 spiro atoms. The van der Waals surface area contributed by atoms with Gasteiger partial charge in [-0.2, -0.15) is 9.78 Å². The highest BCUT2D eigenvalue weighted by molar-refractivity contribution is 9.10. The third-order valence-electron chi connectivity index (χ3n) is 4.74. The minimum Gasteiger partial charge on any atom is -0.491 e. The van der Waals surface area contributed by atoms with Crippen LogP contribution in [-0.4, -0.2) is 22.0 Å². The Morgan fingerprint density at radius 3 is 2.66 bits per heavy atom. The van der Waals surface area contributed by atoms with Gasteiger partial charge in [0.2, 0.25) is 0 Å². The maximum atomic E-state index is 13.1. The van der Waals surface area contributed by atoms with Crippen molar-refractivity contribution in [2.45, 2.75) is 52.6 Å². The summed E-state index contributed by atoms with van der Waals surface area (Å²) in [5.41, 5.74) is 1.43. The smallest absolute Gasteiger partial charge is 0.282 e. The van der Waals surface area contributed by atoms with Crippen molar-refractivity contribution in [2.75, 3.05) is 0 Å². The molecule has 0 aliphatic heterocycles. The Bertz CT molecular complexity index is 1060. The molecule has 0 bridgehead atoms. The zero-order chi connectivity index (χ0) is 20.8. The van der Waals surface area contributed by atoms with Crippen LogP contribution >= 0.6 is 15.9 Å². The average Bonchev–Trinajstić information content (AvgIpc) is 2.73. The number of unbranched alkanes of at least 4 members (excludes halogenated alkanes) is 1. The molecular formula is C23H26BrN3O2. The minimum absolute atomic E-state index is 0.157. The maximum absolute atomic E-state index is 13.1. The summed E-state index contributed by atoms with van der Waals surface area (Å²) >= 11 is 3.43. The summed E-state index contributed by atoms with van der Waals surface area (Å²) < 4.78 is 8.08. The van der Waals surface area contributed by atoms with Crippen molar-refractivity contribution in [2.24, 2.45) is 5.10 Å². The molecule has 0 radical (unpaired) electrons. The quantitative estimate of drug-likeness (QED) is 0.417. The lowest BCUT2D eigenvalue weighted by molar-refractivity contribution is 0.217. The van der Waals surface area contributed by atoms with E-state index >= 15 is 0 Å². The van der Waals surface area contributed by atoms with E-state index in [4.69, 9.17) is 9.72 Å². The zero-order valence-electron chi connectivity index (χ0n) is 17.1. The molecule has 29 heavy (non-hydrogen) atoms. The van der Waals surface area contributed by atoms with Crippen LogP contribution in [-0.2, 0) is 6.42 Å². The van der Waals surface area contributed by atoms with Crippen LogP contribution in [0.25, 0.3) is 10.9 Å². The molecule has 0 saturated carbocycles. The monoisotopic (exact) mass is 455 g/mol. The fourth-order valence-corrected chi connectivity index (χ4v) is 3.24. The van der Waals surface area contributed by atoms with Gasteiger partial charge in [0.15, 0.2) is 0 Å². The van der Waals surface area contributed by atoms with Gasteiger partial charge in [0, 0.05) is 10.9 Å². The fourth-order valence-electron chi connectivity index (χ4n) is 2.88. The standard InChI is InChI=1S/C23H26BrN3O2/c1-4-6-7-22-26-21-13-10-18(24)14-20(21)23(28)27(22)25-15-17-8-11-19(12-9-17)29-16(3)5-2/h8-16H,4-7H2,1-3H3/t16-/m1/s1. The maximum Gasteiger partial charge on any atom is 0.282 e. The Hall–Kier alpha value is -2.47. The Morgan fingerprint density at radius 2 is 1.97 bits per heavy atom. The van der Waals surface area contributed by atoms with E-state index in [1.807, 2.05) is 43.3 Å². The number of rotatable bonds is 8. The first-order valence-electron chi connectivity index (χ1n) is 10.0. The van der Waals surface area contributed by atoms with E-state index in [-0.39, 0.29) is 11.7 Å². The van der Waals surface area contributed by atoms with Crippen molar-refractivity contribution in [3.05, 3.63) is 68.7 Å². The van der Waals surface area contributed by atoms with Crippen LogP contribution in [0.4, 0.5) is 0 Å². The topological polar surface area (TPSA) is 56.5 Å². The van der Waals surface area contributed by atoms with Gasteiger partial charge in [-0.25, -0.2) is 4.98 Å². The Kier molecular flexibility index (Phi) is 7.20. The van der Waals surface area contributed by atoms with E-state index in [1.54, 1.807) is 12.3 Å². The van der Waals surface area contributed by atoms with E-state index in [0.717, 1.165) is 35.0 Å². The highest BCUT2D eigenvalue weighted by Gasteiger charge is 2.11. The van der Waals surface area contributed by atoms with Crippen molar-refractivity contribution in [1.82, 2.24) is 9.66 Å². The number of nitrogens with zero attached hydrogens (tertiary/aromatic N) is 3. The molecule has 0 aliphatic rings. The molecule has 0 N–H and O–H groups in total. The number of aromatic nitrogens is 2. The summed E-state index contributed by atoms with van der Waals surface area (Å²) in [4.78, 5) is 17.8. The molecule has 6 heteroatoms. The first-order chi connectivity index (χ1) is 14.0. The number of benzene rings is 2. The van der Waals surface area contributed by atoms with E-state index in [2.05, 4.69) is 34.9 Å². The Labute approximate surface area is 179 Å². The number of aryl methyl sites for hydroxylation is 1. The fraction of sp³-hybridized carbons (Fsp3) is 0.348. The van der Waals surface area contributed by atoms with Crippen molar-refractivity contribution >= 4 is 33.0 Å². The normalized spacial score (nSPS) is 12.6. The van der Waals surface area contributed by atoms with Crippen LogP contribution < -0.4 is 10.3 Å². The predicted octanol–water partition coefficient (Wildman–Crippen LogP) is 5.56. The van der Waals surface area contributed by atoms with Crippen LogP contribution in [0.5, 0.6) is 5.75 Å². The van der Waals surface area contributed by atoms with Gasteiger partial charge in [0.05, 0.1) is 23.2 Å². The number of hydrogen-bond acceptors (Lipinski definition) is 4. The van der Waals surface area contributed by atoms with Gasteiger partial charge in [0.1, 0.15) is 11.6 Å². The van der Waals surface area contributed by atoms with Gasteiger partial charge in [-0.3, -0.25) is 4.79 Å². The average molecular weight is 456 g/mol. The zero-order valence-corrected chi connectivity index (χ0v) is 18.6. The van der Waals surface area contributed by atoms with Crippen molar-refractivity contribution in [3.63, 3.8) is 0 Å². The van der Waals surface area contributed by atoms with Gasteiger partial charge in [-0.1, -0.05) is 36.2 Å². The Balaban J connectivity index is 1.95. The second-order valence-corrected chi connectivity index (χ2v) is 7.98. The lowest BCUT2D eigenvalue weighted by atomic mass is 10.2. The SMILES string of the molecule is CCCCc1nc2ccc(Br)cc2c(=O)n1N=Cc1ccc(O[C@H](C)CC)cc1. The summed E-state index contributed by atoms with van der Waals surface area (Å²) in [6.45, 7) is 6.26. The number of ether oxygens (including phenoxy) is 1. The molecule has 0 fully saturated rings. The predicted molar refractivity (Wildman–Crippen MR) is 122 cm³/mol. The van der Waals surface area contributed by atoms with Crippen LogP contribution in [0.15, 0.2) is 56.8 Å². The molecule has 2 aromatic carbocycles. The van der Waals surface area contributed by atoms with Crippen LogP contribution in [0, 0.1) is 0 Å². The summed E-state index contributed by atoms with van der Waals surface area (Å²) in [5.74, 6) is 1.51. The summed E-state index contributed by atoms with van der Waals surface area (Å²) in [6, 6.07) is 13.3. The first kappa shape index (κ1) is 21.2. The summed E-state index contributed by atoms with van der Waals surface area (Å²) in [7, 11) is 0. The molecule has 0 aliphatic carbocycles. The second-order valence-electron chi connectivity index (χ2n) is 7.06. The third kappa shape index (κ3) is 5.32. The van der Waals surface area contributed by atoms with Gasteiger partial charge >= 0.3 is 0 Å². The number of fused-ring (bicyclic) bond motifs is 1. The lowest BCUT2D eigenvalue weighted by Crippen LogP contribution is -2.22. The first-order valence-corrected chi connectivity index (χ1v) is 10.8. The van der Waals surface area contributed by atoms with Gasteiger partial charge < -0.3 is 4.74 Å². The number of halogens is 1. The molecule has 1 atom stereocenters. The lowest BCUT2D eigenvalue weighted by Gasteiger charge is -2.12. The van der Waals surface area contributed by atoms with E-state index in [9.17, 15) is 4.79 Å². The molecule has 1 heterocycles. The van der Waals surface area contributed by atoms with E-state index in [0.29, 0.717) is 23.1 Å². The van der Waals surface area contributed by atoms with Crippen molar-refractivity contribution in [3.8, 4) is 5.75 Å². The molecule has 152 valence electrons. The molecule has 0 unspecified atom stereocenters. The largest absolute Gasteiger partial charge is 0.491 e. The molecule has 0 amide bonds. The molecule has 3 aromatic rings. The van der Waals surface area contributed by atoms with E-state index in [1.165, 1.54) is 4.68 Å². The van der Waals surface area contributed by atoms with Gasteiger partial charge in [-0.05, 0) is 67.8 Å². The molecule has 5 nitrogen and oxygen atoms in total. The van der Waals surface area contributed by atoms with Crippen molar-refractivity contribution in [1.29, 1.82) is 0 Å². The molecule has 0 saturated heterocycles. The number of hydrogen-bond donors (Lipinski definition) is 0. The highest BCUT2D eigenvalue weighted by atomic mass is 79.9. The van der Waals surface area contributed by atoms with Crippen LogP contribution in [0.1, 0.15) is 51.4 Å². The molecule has 3 rings (SSSR count). The Morgan fingerprint density at radius 1 is 1.21 bits per heavy atom. The third-order valence-corrected chi connectivity index (χ3v) is 5.24. The van der Waals surface area contributed by atoms with Crippen LogP contribution in [0.2, 0.25) is 0 Å². The summed E-state index contributed by atoms with van der Waals surface area (Å²) in [6.07, 6.45) is 5.50. The van der Waals surface area contributed by atoms with Gasteiger partial charge in [-0.15, -0.1) is 0 Å². The molecular weight excluding hydrogens is 430 g/mol. The van der Waals surface area contributed by atoms with Crippen LogP contribution in [0.3, 0.4) is 0 Å².